The molecule has 0 radical (unpaired) electrons. The minimum atomic E-state index is -0.328. The van der Waals surface area contributed by atoms with Gasteiger partial charge in [0.2, 0.25) is 17.7 Å². The summed E-state index contributed by atoms with van der Waals surface area (Å²) in [7, 11) is 0. The monoisotopic (exact) mass is 391 g/mol. The number of benzene rings is 1. The predicted molar refractivity (Wildman–Crippen MR) is 105 cm³/mol. The molecule has 27 heavy (non-hydrogen) atoms. The third-order valence-corrected chi connectivity index (χ3v) is 5.39. The topological polar surface area (TPSA) is 60.9 Å². The maximum Gasteiger partial charge on any atom is 0.228 e. The molecule has 2 heterocycles. The van der Waals surface area contributed by atoms with Crippen LogP contribution < -0.4 is 4.90 Å². The van der Waals surface area contributed by atoms with Gasteiger partial charge in [0.15, 0.2) is 0 Å². The van der Waals surface area contributed by atoms with Gasteiger partial charge in [0.05, 0.1) is 5.92 Å². The summed E-state index contributed by atoms with van der Waals surface area (Å²) in [5, 5.41) is 0.614. The molecule has 1 aromatic carbocycles. The van der Waals surface area contributed by atoms with Crippen LogP contribution >= 0.6 is 11.6 Å². The molecule has 146 valence electrons. The van der Waals surface area contributed by atoms with E-state index in [4.69, 9.17) is 11.6 Å². The molecule has 6 nitrogen and oxygen atoms in total. The van der Waals surface area contributed by atoms with Crippen molar-refractivity contribution in [2.75, 3.05) is 37.6 Å². The van der Waals surface area contributed by atoms with E-state index in [1.807, 2.05) is 18.7 Å². The van der Waals surface area contributed by atoms with Gasteiger partial charge in [0.25, 0.3) is 0 Å². The first-order valence-corrected chi connectivity index (χ1v) is 9.85. The van der Waals surface area contributed by atoms with Crippen LogP contribution in [0.15, 0.2) is 24.3 Å². The zero-order valence-electron chi connectivity index (χ0n) is 15.9. The first-order chi connectivity index (χ1) is 12.8. The summed E-state index contributed by atoms with van der Waals surface area (Å²) >= 11 is 5.90. The van der Waals surface area contributed by atoms with E-state index in [-0.39, 0.29) is 30.1 Å². The van der Waals surface area contributed by atoms with E-state index < -0.39 is 0 Å². The predicted octanol–water partition coefficient (Wildman–Crippen LogP) is 2.41. The van der Waals surface area contributed by atoms with Crippen LogP contribution in [0.4, 0.5) is 5.69 Å². The fourth-order valence-electron chi connectivity index (χ4n) is 3.66. The highest BCUT2D eigenvalue weighted by molar-refractivity contribution is 6.30. The van der Waals surface area contributed by atoms with E-state index in [0.717, 1.165) is 5.69 Å². The maximum atomic E-state index is 12.9. The molecule has 0 aliphatic carbocycles. The molecule has 3 amide bonds. The average Bonchev–Trinajstić information content (AvgIpc) is 3.03. The highest BCUT2D eigenvalue weighted by Crippen LogP contribution is 2.27. The summed E-state index contributed by atoms with van der Waals surface area (Å²) in [4.78, 5) is 42.7. The van der Waals surface area contributed by atoms with Crippen molar-refractivity contribution in [2.24, 2.45) is 11.8 Å². The smallest absolute Gasteiger partial charge is 0.228 e. The molecule has 2 aliphatic heterocycles. The minimum absolute atomic E-state index is 0.00997. The Bertz CT molecular complexity index is 712. The molecule has 2 aliphatic rings. The molecule has 3 rings (SSSR count). The van der Waals surface area contributed by atoms with Crippen LogP contribution in [-0.4, -0.2) is 60.2 Å². The molecule has 0 N–H and O–H groups in total. The molecular formula is C20H26ClN3O3. The largest absolute Gasteiger partial charge is 0.339 e. The quantitative estimate of drug-likeness (QED) is 0.791. The van der Waals surface area contributed by atoms with E-state index in [0.29, 0.717) is 50.1 Å². The van der Waals surface area contributed by atoms with Crippen LogP contribution in [0.5, 0.6) is 0 Å². The summed E-state index contributed by atoms with van der Waals surface area (Å²) in [5.41, 5.74) is 0.767. The van der Waals surface area contributed by atoms with Crippen LogP contribution in [0.1, 0.15) is 26.7 Å². The molecule has 0 spiro atoms. The van der Waals surface area contributed by atoms with E-state index in [1.165, 1.54) is 0 Å². The first-order valence-electron chi connectivity index (χ1n) is 9.47. The van der Waals surface area contributed by atoms with E-state index in [1.54, 1.807) is 34.1 Å². The van der Waals surface area contributed by atoms with E-state index in [9.17, 15) is 14.4 Å². The molecule has 7 heteroatoms. The summed E-state index contributed by atoms with van der Waals surface area (Å²) < 4.78 is 0. The Balaban J connectivity index is 1.55. The van der Waals surface area contributed by atoms with Crippen LogP contribution in [0.2, 0.25) is 5.02 Å². The second kappa shape index (κ2) is 8.30. The molecular weight excluding hydrogens is 366 g/mol. The molecule has 0 bridgehead atoms. The van der Waals surface area contributed by atoms with Crippen LogP contribution in [0, 0.1) is 11.8 Å². The fraction of sp³-hybridized carbons (Fsp3) is 0.550. The lowest BCUT2D eigenvalue weighted by atomic mass is 10.1. The number of anilines is 1. The Morgan fingerprint density at radius 3 is 2.26 bits per heavy atom. The van der Waals surface area contributed by atoms with Crippen molar-refractivity contribution >= 4 is 35.0 Å². The number of amides is 3. The molecule has 2 fully saturated rings. The highest BCUT2D eigenvalue weighted by Gasteiger charge is 2.38. The molecule has 0 saturated carbocycles. The van der Waals surface area contributed by atoms with Gasteiger partial charge in [-0.05, 0) is 30.2 Å². The number of halogens is 1. The minimum Gasteiger partial charge on any atom is -0.339 e. The number of piperazine rings is 1. The van der Waals surface area contributed by atoms with Crippen LogP contribution in [0.3, 0.4) is 0 Å². The van der Waals surface area contributed by atoms with Crippen LogP contribution in [0.25, 0.3) is 0 Å². The molecule has 1 atom stereocenters. The number of carbonyl (C=O) groups excluding carboxylic acids is 3. The number of rotatable bonds is 4. The standard InChI is InChI=1S/C20H26ClN3O3/c1-14(2)11-18(25)22-7-9-23(10-8-22)20(27)15-12-19(26)24(13-15)17-5-3-16(21)4-6-17/h3-6,14-15H,7-13H2,1-2H3/t15-/m1/s1. The van der Waals surface area contributed by atoms with Gasteiger partial charge in [-0.15, -0.1) is 0 Å². The Morgan fingerprint density at radius 2 is 1.67 bits per heavy atom. The summed E-state index contributed by atoms with van der Waals surface area (Å²) in [6.45, 7) is 6.66. The summed E-state index contributed by atoms with van der Waals surface area (Å²) in [6.07, 6.45) is 0.773. The van der Waals surface area contributed by atoms with Gasteiger partial charge >= 0.3 is 0 Å². The van der Waals surface area contributed by atoms with Gasteiger partial charge in [-0.25, -0.2) is 0 Å². The van der Waals surface area contributed by atoms with Crippen molar-refractivity contribution in [3.05, 3.63) is 29.3 Å². The Labute approximate surface area is 165 Å². The first kappa shape index (κ1) is 19.7. The summed E-state index contributed by atoms with van der Waals surface area (Å²) in [6, 6.07) is 7.08. The Kier molecular flexibility index (Phi) is 6.05. The second-order valence-corrected chi connectivity index (χ2v) is 8.12. The number of nitrogens with zero attached hydrogens (tertiary/aromatic N) is 3. The van der Waals surface area contributed by atoms with Gasteiger partial charge in [0, 0.05) is 56.3 Å². The van der Waals surface area contributed by atoms with E-state index >= 15 is 0 Å². The normalized spacial score (nSPS) is 20.5. The zero-order chi connectivity index (χ0) is 19.6. The van der Waals surface area contributed by atoms with Crippen LogP contribution in [-0.2, 0) is 14.4 Å². The van der Waals surface area contributed by atoms with Crippen molar-refractivity contribution in [3.8, 4) is 0 Å². The molecule has 0 unspecified atom stereocenters. The number of carbonyl (C=O) groups is 3. The van der Waals surface area contributed by atoms with Gasteiger partial charge in [0.1, 0.15) is 0 Å². The third-order valence-electron chi connectivity index (χ3n) is 5.14. The van der Waals surface area contributed by atoms with Crippen molar-refractivity contribution in [3.63, 3.8) is 0 Å². The Hall–Kier alpha value is -2.08. The molecule has 2 saturated heterocycles. The van der Waals surface area contributed by atoms with E-state index in [2.05, 4.69) is 0 Å². The third kappa shape index (κ3) is 4.61. The lowest BCUT2D eigenvalue weighted by Gasteiger charge is -2.36. The van der Waals surface area contributed by atoms with Gasteiger partial charge in [-0.1, -0.05) is 25.4 Å². The van der Waals surface area contributed by atoms with Crippen molar-refractivity contribution in [1.29, 1.82) is 0 Å². The lowest BCUT2D eigenvalue weighted by Crippen LogP contribution is -2.52. The lowest BCUT2D eigenvalue weighted by molar-refractivity contribution is -0.142. The van der Waals surface area contributed by atoms with Gasteiger partial charge < -0.3 is 14.7 Å². The zero-order valence-corrected chi connectivity index (χ0v) is 16.6. The number of hydrogen-bond acceptors (Lipinski definition) is 3. The Morgan fingerprint density at radius 1 is 1.07 bits per heavy atom. The van der Waals surface area contributed by atoms with Gasteiger partial charge in [-0.2, -0.15) is 0 Å². The summed E-state index contributed by atoms with van der Waals surface area (Å²) in [5.74, 6) is 0.130. The molecule has 0 aromatic heterocycles. The maximum absolute atomic E-state index is 12.9. The SMILES string of the molecule is CC(C)CC(=O)N1CCN(C(=O)[C@@H]2CC(=O)N(c3ccc(Cl)cc3)C2)CC1. The number of hydrogen-bond donors (Lipinski definition) is 0. The molecule has 1 aromatic rings. The van der Waals surface area contributed by atoms with Crippen molar-refractivity contribution in [1.82, 2.24) is 9.80 Å². The second-order valence-electron chi connectivity index (χ2n) is 7.69. The van der Waals surface area contributed by atoms with Crippen molar-refractivity contribution in [2.45, 2.75) is 26.7 Å². The fourth-order valence-corrected chi connectivity index (χ4v) is 3.78. The van der Waals surface area contributed by atoms with Crippen molar-refractivity contribution < 1.29 is 14.4 Å². The van der Waals surface area contributed by atoms with Gasteiger partial charge in [-0.3, -0.25) is 14.4 Å². The average molecular weight is 392 g/mol. The highest BCUT2D eigenvalue weighted by atomic mass is 35.5.